The van der Waals surface area contributed by atoms with E-state index in [4.69, 9.17) is 0 Å². The average molecular weight is 470 g/mol. The number of carbonyl (C=O) groups excluding carboxylic acids is 1. The summed E-state index contributed by atoms with van der Waals surface area (Å²) in [5.41, 5.74) is 3.76. The zero-order valence-corrected chi connectivity index (χ0v) is 19.7. The molecule has 8 nitrogen and oxygen atoms in total. The van der Waals surface area contributed by atoms with Crippen molar-refractivity contribution in [2.75, 3.05) is 24.5 Å². The molecule has 5 rings (SSSR count). The highest BCUT2D eigenvalue weighted by Gasteiger charge is 2.25. The smallest absolute Gasteiger partial charge is 0.268 e. The van der Waals surface area contributed by atoms with Crippen LogP contribution in [0.5, 0.6) is 0 Å². The third-order valence-electron chi connectivity index (χ3n) is 6.41. The number of nitrogens with zero attached hydrogens (tertiary/aromatic N) is 6. The number of imidazole rings is 1. The van der Waals surface area contributed by atoms with E-state index in [-0.39, 0.29) is 5.91 Å². The fraction of sp³-hybridized carbons (Fsp3) is 0.435. The summed E-state index contributed by atoms with van der Waals surface area (Å²) in [7, 11) is 1.92. The van der Waals surface area contributed by atoms with Gasteiger partial charge < -0.3 is 19.4 Å². The van der Waals surface area contributed by atoms with Gasteiger partial charge in [-0.15, -0.1) is 0 Å². The first-order chi connectivity index (χ1) is 16.0. The molecule has 5 heterocycles. The molecule has 0 spiro atoms. The predicted octanol–water partition coefficient (Wildman–Crippen LogP) is 2.93. The van der Waals surface area contributed by atoms with Gasteiger partial charge in [-0.3, -0.25) is 4.79 Å². The lowest BCUT2D eigenvalue weighted by Crippen LogP contribution is -2.28. The fourth-order valence-corrected chi connectivity index (χ4v) is 5.47. The molecule has 1 atom stereocenters. The Hall–Kier alpha value is -2.85. The maximum atomic E-state index is 13.7. The van der Waals surface area contributed by atoms with E-state index in [1.807, 2.05) is 54.2 Å². The molecule has 10 heteroatoms. The summed E-state index contributed by atoms with van der Waals surface area (Å²) in [6.45, 7) is 6.03. The van der Waals surface area contributed by atoms with Crippen molar-refractivity contribution in [2.24, 2.45) is 7.05 Å². The first-order valence-electron chi connectivity index (χ1n) is 11.2. The SMILES string of the molecule is Cc1c(SN2CCn3cncc3C2)cc(C(=O)NCc2cccnc2N2CCC(F)C2)n1C. The van der Waals surface area contributed by atoms with E-state index < -0.39 is 6.17 Å². The molecule has 1 unspecified atom stereocenters. The van der Waals surface area contributed by atoms with Gasteiger partial charge in [0.05, 0.1) is 25.1 Å². The van der Waals surface area contributed by atoms with Crippen LogP contribution in [0.1, 0.15) is 33.9 Å². The van der Waals surface area contributed by atoms with Gasteiger partial charge in [0, 0.05) is 61.8 Å². The van der Waals surface area contributed by atoms with Crippen molar-refractivity contribution < 1.29 is 9.18 Å². The number of fused-ring (bicyclic) bond motifs is 1. The highest BCUT2D eigenvalue weighted by atomic mass is 32.2. The van der Waals surface area contributed by atoms with Crippen molar-refractivity contribution in [1.29, 1.82) is 0 Å². The van der Waals surface area contributed by atoms with Gasteiger partial charge in [-0.05, 0) is 37.4 Å². The zero-order valence-electron chi connectivity index (χ0n) is 18.9. The molecule has 2 aliphatic heterocycles. The number of aromatic nitrogens is 4. The molecule has 1 fully saturated rings. The van der Waals surface area contributed by atoms with Crippen LogP contribution in [-0.2, 0) is 26.7 Å². The summed E-state index contributed by atoms with van der Waals surface area (Å²) in [4.78, 5) is 24.8. The molecule has 0 aromatic carbocycles. The van der Waals surface area contributed by atoms with Crippen molar-refractivity contribution in [3.63, 3.8) is 0 Å². The van der Waals surface area contributed by atoms with E-state index in [2.05, 4.69) is 24.2 Å². The predicted molar refractivity (Wildman–Crippen MR) is 126 cm³/mol. The van der Waals surface area contributed by atoms with Crippen LogP contribution in [0, 0.1) is 6.92 Å². The number of hydrogen-bond acceptors (Lipinski definition) is 6. The Kier molecular flexibility index (Phi) is 6.11. The van der Waals surface area contributed by atoms with Crippen LogP contribution in [0.15, 0.2) is 41.8 Å². The zero-order chi connectivity index (χ0) is 22.9. The minimum absolute atomic E-state index is 0.135. The summed E-state index contributed by atoms with van der Waals surface area (Å²) in [6, 6.07) is 5.74. The summed E-state index contributed by atoms with van der Waals surface area (Å²) < 4.78 is 20.1. The molecule has 2 aliphatic rings. The van der Waals surface area contributed by atoms with Crippen LogP contribution in [-0.4, -0.2) is 55.1 Å². The lowest BCUT2D eigenvalue weighted by atomic mass is 10.2. The molecule has 3 aromatic rings. The molecule has 0 bridgehead atoms. The number of rotatable bonds is 6. The molecule has 1 saturated heterocycles. The van der Waals surface area contributed by atoms with Crippen molar-refractivity contribution >= 4 is 23.7 Å². The number of halogens is 1. The number of hydrogen-bond donors (Lipinski definition) is 1. The Balaban J connectivity index is 1.26. The van der Waals surface area contributed by atoms with Crippen molar-refractivity contribution in [3.8, 4) is 0 Å². The first-order valence-corrected chi connectivity index (χ1v) is 12.0. The molecule has 0 aliphatic carbocycles. The van der Waals surface area contributed by atoms with E-state index in [0.29, 0.717) is 31.7 Å². The molecule has 0 radical (unpaired) electrons. The monoisotopic (exact) mass is 469 g/mol. The Bertz CT molecular complexity index is 1160. The van der Waals surface area contributed by atoms with Gasteiger partial charge in [-0.25, -0.2) is 18.7 Å². The van der Waals surface area contributed by atoms with E-state index in [1.165, 1.54) is 5.69 Å². The van der Waals surface area contributed by atoms with Gasteiger partial charge >= 0.3 is 0 Å². The van der Waals surface area contributed by atoms with Gasteiger partial charge in [-0.1, -0.05) is 6.07 Å². The summed E-state index contributed by atoms with van der Waals surface area (Å²) >= 11 is 1.68. The third kappa shape index (κ3) is 4.49. The number of carbonyl (C=O) groups is 1. The van der Waals surface area contributed by atoms with Gasteiger partial charge in [0.15, 0.2) is 0 Å². The molecule has 174 valence electrons. The lowest BCUT2D eigenvalue weighted by Gasteiger charge is -2.26. The Morgan fingerprint density at radius 2 is 2.21 bits per heavy atom. The maximum absolute atomic E-state index is 13.7. The summed E-state index contributed by atoms with van der Waals surface area (Å²) in [6.07, 6.45) is 5.19. The van der Waals surface area contributed by atoms with E-state index in [9.17, 15) is 9.18 Å². The van der Waals surface area contributed by atoms with E-state index in [1.54, 1.807) is 18.1 Å². The van der Waals surface area contributed by atoms with E-state index >= 15 is 0 Å². The summed E-state index contributed by atoms with van der Waals surface area (Å²) in [5.74, 6) is 0.616. The van der Waals surface area contributed by atoms with Crippen LogP contribution < -0.4 is 10.2 Å². The maximum Gasteiger partial charge on any atom is 0.268 e. The lowest BCUT2D eigenvalue weighted by molar-refractivity contribution is 0.0942. The highest BCUT2D eigenvalue weighted by Crippen LogP contribution is 2.31. The average Bonchev–Trinajstić information content (AvgIpc) is 3.53. The van der Waals surface area contributed by atoms with Crippen LogP contribution >= 0.6 is 11.9 Å². The van der Waals surface area contributed by atoms with Gasteiger partial charge in [0.25, 0.3) is 5.91 Å². The van der Waals surface area contributed by atoms with Crippen molar-refractivity contribution in [1.82, 2.24) is 28.7 Å². The molecule has 3 aromatic heterocycles. The Morgan fingerprint density at radius 1 is 1.33 bits per heavy atom. The van der Waals surface area contributed by atoms with E-state index in [0.717, 1.165) is 41.6 Å². The normalized spacial score (nSPS) is 18.5. The fourth-order valence-electron chi connectivity index (χ4n) is 4.39. The highest BCUT2D eigenvalue weighted by molar-refractivity contribution is 7.97. The minimum atomic E-state index is -0.822. The van der Waals surface area contributed by atoms with Crippen LogP contribution in [0.4, 0.5) is 10.2 Å². The Morgan fingerprint density at radius 3 is 3.03 bits per heavy atom. The second-order valence-corrected chi connectivity index (χ2v) is 9.71. The van der Waals surface area contributed by atoms with Gasteiger partial charge in [0.2, 0.25) is 0 Å². The second kappa shape index (κ2) is 9.18. The molecule has 33 heavy (non-hydrogen) atoms. The number of nitrogens with one attached hydrogen (secondary N) is 1. The van der Waals surface area contributed by atoms with Gasteiger partial charge in [0.1, 0.15) is 17.7 Å². The topological polar surface area (TPSA) is 71.2 Å². The standard InChI is InChI=1S/C23H28FN7OS/c1-16-21(33-31-9-8-30-15-25-12-19(30)14-31)10-20(28(16)2)23(32)27-11-17-4-3-6-26-22(17)29-7-5-18(24)13-29/h3-4,6,10,12,15,18H,5,7-9,11,13-14H2,1-2H3,(H,27,32). The number of pyridine rings is 1. The number of anilines is 1. The molecule has 1 amide bonds. The third-order valence-corrected chi connectivity index (χ3v) is 7.59. The minimum Gasteiger partial charge on any atom is -0.353 e. The first kappa shape index (κ1) is 22.0. The Labute approximate surface area is 196 Å². The van der Waals surface area contributed by atoms with Crippen LogP contribution in [0.2, 0.25) is 0 Å². The molecular weight excluding hydrogens is 441 g/mol. The van der Waals surface area contributed by atoms with Crippen molar-refractivity contribution in [3.05, 3.63) is 59.6 Å². The molecule has 0 saturated carbocycles. The van der Waals surface area contributed by atoms with Crippen LogP contribution in [0.3, 0.4) is 0 Å². The number of amides is 1. The summed E-state index contributed by atoms with van der Waals surface area (Å²) in [5, 5.41) is 3.03. The van der Waals surface area contributed by atoms with Gasteiger partial charge in [-0.2, -0.15) is 0 Å². The molecular formula is C23H28FN7OS. The van der Waals surface area contributed by atoms with Crippen molar-refractivity contribution in [2.45, 2.75) is 44.0 Å². The largest absolute Gasteiger partial charge is 0.353 e. The molecule has 1 N–H and O–H groups in total. The quantitative estimate of drug-likeness (QED) is 0.560. The number of alkyl halides is 1. The second-order valence-electron chi connectivity index (χ2n) is 8.57. The van der Waals surface area contributed by atoms with Crippen LogP contribution in [0.25, 0.3) is 0 Å².